The van der Waals surface area contributed by atoms with Gasteiger partial charge in [0, 0.05) is 22.0 Å². The van der Waals surface area contributed by atoms with Crippen LogP contribution in [0.3, 0.4) is 0 Å². The minimum absolute atomic E-state index is 0.0250. The minimum Gasteiger partial charge on any atom is -0.329 e. The number of carbonyl (C=O) groups is 2. The van der Waals surface area contributed by atoms with E-state index in [2.05, 4.69) is 33.2 Å². The number of hydrogen-bond donors (Lipinski definition) is 1. The smallest absolute Gasteiger partial charge is 0.254 e. The molecule has 0 unspecified atom stereocenters. The van der Waals surface area contributed by atoms with Gasteiger partial charge in [0.05, 0.1) is 5.69 Å². The number of benzene rings is 1. The van der Waals surface area contributed by atoms with Crippen LogP contribution < -0.4 is 5.32 Å². The molecular formula is C18H22BrN3O2S. The van der Waals surface area contributed by atoms with E-state index in [9.17, 15) is 9.59 Å². The Balaban J connectivity index is 2.04. The quantitative estimate of drug-likeness (QED) is 0.636. The number of hydrogen-bond acceptors (Lipinski definition) is 4. The van der Waals surface area contributed by atoms with Crippen molar-refractivity contribution in [3.8, 4) is 0 Å². The van der Waals surface area contributed by atoms with Crippen molar-refractivity contribution in [2.75, 3.05) is 18.4 Å². The Bertz CT molecular complexity index is 715. The molecule has 25 heavy (non-hydrogen) atoms. The van der Waals surface area contributed by atoms with Crippen LogP contribution >= 0.6 is 27.3 Å². The van der Waals surface area contributed by atoms with Gasteiger partial charge in [0.2, 0.25) is 5.91 Å². The monoisotopic (exact) mass is 423 g/mol. The third-order valence-corrected chi connectivity index (χ3v) is 5.01. The van der Waals surface area contributed by atoms with E-state index in [1.807, 2.05) is 24.4 Å². The average Bonchev–Trinajstić information content (AvgIpc) is 2.99. The number of unbranched alkanes of at least 4 members (excludes halogenated alkanes) is 2. The zero-order valence-corrected chi connectivity index (χ0v) is 16.8. The van der Waals surface area contributed by atoms with Crippen molar-refractivity contribution in [1.82, 2.24) is 9.88 Å². The number of aryl methyl sites for hydroxylation is 1. The van der Waals surface area contributed by atoms with Crippen molar-refractivity contribution in [2.24, 2.45) is 0 Å². The van der Waals surface area contributed by atoms with Gasteiger partial charge in [0.15, 0.2) is 5.13 Å². The van der Waals surface area contributed by atoms with Gasteiger partial charge in [-0.05, 0) is 37.6 Å². The lowest BCUT2D eigenvalue weighted by atomic mass is 10.1. The number of rotatable bonds is 8. The third-order valence-electron chi connectivity index (χ3n) is 3.61. The summed E-state index contributed by atoms with van der Waals surface area (Å²) < 4.78 is 0.915. The van der Waals surface area contributed by atoms with Gasteiger partial charge in [0.25, 0.3) is 5.91 Å². The van der Waals surface area contributed by atoms with Crippen LogP contribution in [0, 0.1) is 6.92 Å². The van der Waals surface area contributed by atoms with Gasteiger partial charge in [-0.25, -0.2) is 4.98 Å². The van der Waals surface area contributed by atoms with E-state index in [4.69, 9.17) is 0 Å². The zero-order valence-electron chi connectivity index (χ0n) is 14.4. The number of carbonyl (C=O) groups excluding carboxylic acids is 2. The number of amides is 2. The van der Waals surface area contributed by atoms with E-state index in [1.54, 1.807) is 17.0 Å². The summed E-state index contributed by atoms with van der Waals surface area (Å²) in [4.78, 5) is 30.9. The summed E-state index contributed by atoms with van der Waals surface area (Å²) >= 11 is 4.75. The lowest BCUT2D eigenvalue weighted by Crippen LogP contribution is -2.38. The molecule has 0 bridgehead atoms. The van der Waals surface area contributed by atoms with Crippen LogP contribution in [0.15, 0.2) is 34.1 Å². The fraction of sp³-hybridized carbons (Fsp3) is 0.389. The minimum atomic E-state index is -0.226. The molecule has 0 aliphatic rings. The summed E-state index contributed by atoms with van der Waals surface area (Å²) in [5.41, 5.74) is 1.45. The Hall–Kier alpha value is -1.73. The molecule has 1 heterocycles. The number of aromatic nitrogens is 1. The Morgan fingerprint density at radius 1 is 1.24 bits per heavy atom. The first-order valence-electron chi connectivity index (χ1n) is 8.26. The zero-order chi connectivity index (χ0) is 18.2. The highest BCUT2D eigenvalue weighted by Gasteiger charge is 2.19. The number of halogens is 1. The molecule has 7 heteroatoms. The SMILES string of the molecule is CCCCCN(CC(=O)Nc1nc(C)cs1)C(=O)c1ccc(Br)cc1. The van der Waals surface area contributed by atoms with Crippen molar-refractivity contribution >= 4 is 44.2 Å². The molecule has 1 N–H and O–H groups in total. The average molecular weight is 424 g/mol. The largest absolute Gasteiger partial charge is 0.329 e. The molecule has 0 radical (unpaired) electrons. The molecule has 0 fully saturated rings. The van der Waals surface area contributed by atoms with Crippen LogP contribution in [0.1, 0.15) is 42.2 Å². The van der Waals surface area contributed by atoms with Gasteiger partial charge in [0.1, 0.15) is 6.54 Å². The van der Waals surface area contributed by atoms with Crippen LogP contribution in [0.4, 0.5) is 5.13 Å². The van der Waals surface area contributed by atoms with Crippen LogP contribution in [-0.2, 0) is 4.79 Å². The van der Waals surface area contributed by atoms with Crippen LogP contribution in [-0.4, -0.2) is 34.8 Å². The van der Waals surface area contributed by atoms with E-state index in [1.165, 1.54) is 11.3 Å². The lowest BCUT2D eigenvalue weighted by Gasteiger charge is -2.22. The molecule has 0 atom stereocenters. The maximum absolute atomic E-state index is 12.8. The molecular weight excluding hydrogens is 402 g/mol. The molecule has 5 nitrogen and oxygen atoms in total. The molecule has 0 aliphatic carbocycles. The Kier molecular flexibility index (Phi) is 7.58. The highest BCUT2D eigenvalue weighted by atomic mass is 79.9. The highest BCUT2D eigenvalue weighted by molar-refractivity contribution is 9.10. The first kappa shape index (κ1) is 19.6. The standard InChI is InChI=1S/C18H22BrN3O2S/c1-3-4-5-10-22(17(24)14-6-8-15(19)9-7-14)11-16(23)21-18-20-13(2)12-25-18/h6-9,12H,3-5,10-11H2,1-2H3,(H,20,21,23). The van der Waals surface area contributed by atoms with E-state index >= 15 is 0 Å². The molecule has 1 aromatic carbocycles. The van der Waals surface area contributed by atoms with Gasteiger partial charge in [-0.1, -0.05) is 35.7 Å². The summed E-state index contributed by atoms with van der Waals surface area (Å²) in [7, 11) is 0. The van der Waals surface area contributed by atoms with Gasteiger partial charge in [-0.2, -0.15) is 0 Å². The fourth-order valence-corrected chi connectivity index (χ4v) is 3.29. The molecule has 0 saturated heterocycles. The van der Waals surface area contributed by atoms with E-state index < -0.39 is 0 Å². The van der Waals surface area contributed by atoms with Gasteiger partial charge < -0.3 is 10.2 Å². The molecule has 2 rings (SSSR count). The van der Waals surface area contributed by atoms with E-state index in [0.29, 0.717) is 17.2 Å². The van der Waals surface area contributed by atoms with Crippen LogP contribution in [0.25, 0.3) is 0 Å². The molecule has 0 saturated carbocycles. The van der Waals surface area contributed by atoms with Gasteiger partial charge >= 0.3 is 0 Å². The van der Waals surface area contributed by atoms with Crippen LogP contribution in [0.2, 0.25) is 0 Å². The number of nitrogens with zero attached hydrogens (tertiary/aromatic N) is 2. The normalized spacial score (nSPS) is 10.5. The molecule has 0 aliphatic heterocycles. The summed E-state index contributed by atoms with van der Waals surface area (Å²) in [5, 5.41) is 5.20. The Morgan fingerprint density at radius 3 is 2.56 bits per heavy atom. The second-order valence-electron chi connectivity index (χ2n) is 5.78. The lowest BCUT2D eigenvalue weighted by molar-refractivity contribution is -0.116. The summed E-state index contributed by atoms with van der Waals surface area (Å²) in [6, 6.07) is 7.19. The number of nitrogens with one attached hydrogen (secondary N) is 1. The Morgan fingerprint density at radius 2 is 1.96 bits per heavy atom. The summed E-state index contributed by atoms with van der Waals surface area (Å²) in [6.07, 6.45) is 2.96. The second-order valence-corrected chi connectivity index (χ2v) is 7.56. The maximum atomic E-state index is 12.8. The Labute approximate surface area is 160 Å². The van der Waals surface area contributed by atoms with E-state index in [-0.39, 0.29) is 18.4 Å². The first-order chi connectivity index (χ1) is 12.0. The fourth-order valence-electron chi connectivity index (χ4n) is 2.32. The van der Waals surface area contributed by atoms with Crippen LogP contribution in [0.5, 0.6) is 0 Å². The third kappa shape index (κ3) is 6.25. The van der Waals surface area contributed by atoms with Crippen molar-refractivity contribution in [1.29, 1.82) is 0 Å². The van der Waals surface area contributed by atoms with Crippen molar-refractivity contribution < 1.29 is 9.59 Å². The van der Waals surface area contributed by atoms with Crippen molar-refractivity contribution in [2.45, 2.75) is 33.1 Å². The van der Waals surface area contributed by atoms with Crippen molar-refractivity contribution in [3.05, 3.63) is 45.4 Å². The predicted octanol–water partition coefficient (Wildman–Crippen LogP) is 4.49. The van der Waals surface area contributed by atoms with E-state index in [0.717, 1.165) is 29.4 Å². The summed E-state index contributed by atoms with van der Waals surface area (Å²) in [5.74, 6) is -0.356. The van der Waals surface area contributed by atoms with Gasteiger partial charge in [-0.3, -0.25) is 9.59 Å². The number of anilines is 1. The predicted molar refractivity (Wildman–Crippen MR) is 105 cm³/mol. The molecule has 0 spiro atoms. The van der Waals surface area contributed by atoms with Gasteiger partial charge in [-0.15, -0.1) is 11.3 Å². The second kappa shape index (κ2) is 9.68. The highest BCUT2D eigenvalue weighted by Crippen LogP contribution is 2.15. The summed E-state index contributed by atoms with van der Waals surface area (Å²) in [6.45, 7) is 4.57. The topological polar surface area (TPSA) is 62.3 Å². The first-order valence-corrected chi connectivity index (χ1v) is 9.93. The molecule has 2 amide bonds. The molecule has 2 aromatic rings. The molecule has 134 valence electrons. The molecule has 1 aromatic heterocycles. The number of thiazole rings is 1. The van der Waals surface area contributed by atoms with Crippen molar-refractivity contribution in [3.63, 3.8) is 0 Å². The maximum Gasteiger partial charge on any atom is 0.254 e.